The molecule has 2 aromatic rings. The summed E-state index contributed by atoms with van der Waals surface area (Å²) in [5.41, 5.74) is -0.524. The molecule has 0 N–H and O–H groups in total. The second-order valence-electron chi connectivity index (χ2n) is 5.07. The third-order valence-electron chi connectivity index (χ3n) is 3.22. The molecule has 0 spiro atoms. The number of hydrogen-bond donors (Lipinski definition) is 0. The van der Waals surface area contributed by atoms with Crippen LogP contribution in [0.25, 0.3) is 0 Å². The zero-order valence-corrected chi connectivity index (χ0v) is 14.2. The van der Waals surface area contributed by atoms with Crippen molar-refractivity contribution in [3.63, 3.8) is 0 Å². The van der Waals surface area contributed by atoms with Crippen molar-refractivity contribution in [1.82, 2.24) is 8.87 Å². The second kappa shape index (κ2) is 7.16. The Morgan fingerprint density at radius 3 is 2.33 bits per heavy atom. The van der Waals surface area contributed by atoms with Gasteiger partial charge in [0.2, 0.25) is 0 Å². The summed E-state index contributed by atoms with van der Waals surface area (Å²) in [5, 5.41) is -0.0822. The number of aromatic nitrogens is 1. The molecule has 0 amide bonds. The summed E-state index contributed by atoms with van der Waals surface area (Å²) in [4.78, 5) is 11.9. The first-order valence-corrected chi connectivity index (χ1v) is 7.84. The molecule has 0 aliphatic carbocycles. The number of aryl methyl sites for hydroxylation is 1. The Labute approximate surface area is 145 Å². The SMILES string of the molecule is CN(Sc1cc(Cl)c(=O)n(C)c1)[C@H](c1ccc(F)cc1)C(F)(F)F. The third-order valence-corrected chi connectivity index (χ3v) is 4.43. The number of halogens is 5. The summed E-state index contributed by atoms with van der Waals surface area (Å²) in [5.74, 6) is -0.611. The fourth-order valence-electron chi connectivity index (χ4n) is 2.16. The van der Waals surface area contributed by atoms with E-state index in [0.29, 0.717) is 4.90 Å². The van der Waals surface area contributed by atoms with Crippen LogP contribution in [0.5, 0.6) is 0 Å². The molecule has 0 saturated heterocycles. The van der Waals surface area contributed by atoms with Crippen LogP contribution >= 0.6 is 23.5 Å². The molecule has 24 heavy (non-hydrogen) atoms. The lowest BCUT2D eigenvalue weighted by molar-refractivity contribution is -0.169. The molecule has 1 atom stereocenters. The van der Waals surface area contributed by atoms with Crippen molar-refractivity contribution in [2.75, 3.05) is 7.05 Å². The van der Waals surface area contributed by atoms with Crippen LogP contribution in [0.2, 0.25) is 5.02 Å². The fraction of sp³-hybridized carbons (Fsp3) is 0.267. The van der Waals surface area contributed by atoms with E-state index < -0.39 is 23.6 Å². The van der Waals surface area contributed by atoms with Crippen LogP contribution in [-0.4, -0.2) is 22.1 Å². The lowest BCUT2D eigenvalue weighted by atomic mass is 10.1. The van der Waals surface area contributed by atoms with Crippen LogP contribution in [0.15, 0.2) is 46.2 Å². The topological polar surface area (TPSA) is 25.2 Å². The van der Waals surface area contributed by atoms with Gasteiger partial charge in [0.1, 0.15) is 16.9 Å². The molecule has 0 aliphatic rings. The van der Waals surface area contributed by atoms with Crippen LogP contribution in [0.1, 0.15) is 11.6 Å². The zero-order chi connectivity index (χ0) is 18.1. The molecule has 0 bridgehead atoms. The molecular weight excluding hydrogens is 368 g/mol. The maximum atomic E-state index is 13.5. The van der Waals surface area contributed by atoms with Crippen LogP contribution < -0.4 is 5.56 Å². The molecule has 0 aliphatic heterocycles. The van der Waals surface area contributed by atoms with Gasteiger partial charge < -0.3 is 4.57 Å². The average Bonchev–Trinajstić information content (AvgIpc) is 2.45. The monoisotopic (exact) mass is 380 g/mol. The van der Waals surface area contributed by atoms with Gasteiger partial charge in [-0.25, -0.2) is 8.70 Å². The Kier molecular flexibility index (Phi) is 5.62. The summed E-state index contributed by atoms with van der Waals surface area (Å²) in [6, 6.07) is 3.52. The van der Waals surface area contributed by atoms with E-state index in [4.69, 9.17) is 11.6 Å². The van der Waals surface area contributed by atoms with Gasteiger partial charge in [-0.2, -0.15) is 13.2 Å². The van der Waals surface area contributed by atoms with Crippen molar-refractivity contribution in [3.8, 4) is 0 Å². The number of nitrogens with zero attached hydrogens (tertiary/aromatic N) is 2. The highest BCUT2D eigenvalue weighted by atomic mass is 35.5. The van der Waals surface area contributed by atoms with Crippen LogP contribution in [0.4, 0.5) is 17.6 Å². The lowest BCUT2D eigenvalue weighted by Gasteiger charge is -2.29. The van der Waals surface area contributed by atoms with Gasteiger partial charge in [-0.3, -0.25) is 4.79 Å². The van der Waals surface area contributed by atoms with E-state index >= 15 is 0 Å². The van der Waals surface area contributed by atoms with E-state index in [9.17, 15) is 22.4 Å². The van der Waals surface area contributed by atoms with Gasteiger partial charge in [0, 0.05) is 18.1 Å². The van der Waals surface area contributed by atoms with Gasteiger partial charge >= 0.3 is 6.18 Å². The summed E-state index contributed by atoms with van der Waals surface area (Å²) in [7, 11) is 2.73. The summed E-state index contributed by atoms with van der Waals surface area (Å²) < 4.78 is 55.5. The Balaban J connectivity index is 2.34. The van der Waals surface area contributed by atoms with Crippen LogP contribution in [-0.2, 0) is 7.05 Å². The Morgan fingerprint density at radius 2 is 1.83 bits per heavy atom. The quantitative estimate of drug-likeness (QED) is 0.580. The van der Waals surface area contributed by atoms with Crippen molar-refractivity contribution in [1.29, 1.82) is 0 Å². The number of hydrogen-bond acceptors (Lipinski definition) is 3. The lowest BCUT2D eigenvalue weighted by Crippen LogP contribution is -2.32. The van der Waals surface area contributed by atoms with Crippen molar-refractivity contribution in [2.45, 2.75) is 17.1 Å². The first-order chi connectivity index (χ1) is 11.1. The van der Waals surface area contributed by atoms with Crippen LogP contribution in [0.3, 0.4) is 0 Å². The number of rotatable bonds is 4. The number of alkyl halides is 3. The van der Waals surface area contributed by atoms with E-state index in [1.165, 1.54) is 30.9 Å². The minimum Gasteiger partial charge on any atom is -0.316 e. The predicted molar refractivity (Wildman–Crippen MR) is 85.5 cm³/mol. The van der Waals surface area contributed by atoms with Crippen LogP contribution in [0, 0.1) is 5.82 Å². The Morgan fingerprint density at radius 1 is 1.25 bits per heavy atom. The Hall–Kier alpha value is -1.51. The van der Waals surface area contributed by atoms with Crippen molar-refractivity contribution in [2.24, 2.45) is 7.05 Å². The molecule has 2 rings (SSSR count). The Bertz CT molecular complexity index is 750. The molecule has 1 heterocycles. The molecule has 0 radical (unpaired) electrons. The highest BCUT2D eigenvalue weighted by molar-refractivity contribution is 7.97. The van der Waals surface area contributed by atoms with E-state index in [0.717, 1.165) is 40.5 Å². The molecule has 0 unspecified atom stereocenters. The molecule has 0 fully saturated rings. The first kappa shape index (κ1) is 18.8. The smallest absolute Gasteiger partial charge is 0.316 e. The summed E-state index contributed by atoms with van der Waals surface area (Å²) in [6.07, 6.45) is -3.17. The predicted octanol–water partition coefficient (Wildman–Crippen LogP) is 4.42. The van der Waals surface area contributed by atoms with E-state index in [1.807, 2.05) is 0 Å². The molecule has 0 saturated carbocycles. The normalized spacial score (nSPS) is 13.3. The molecule has 130 valence electrons. The standard InChI is InChI=1S/C15H13ClF4N2OS/c1-21-8-11(7-12(16)14(21)23)24-22(2)13(15(18,19)20)9-3-5-10(17)6-4-9/h3-8,13H,1-2H3/t13-/m1/s1. The largest absolute Gasteiger partial charge is 0.408 e. The number of benzene rings is 1. The van der Waals surface area contributed by atoms with Gasteiger partial charge in [-0.1, -0.05) is 23.7 Å². The first-order valence-electron chi connectivity index (χ1n) is 6.68. The minimum absolute atomic E-state index is 0.0822. The van der Waals surface area contributed by atoms with Gasteiger partial charge in [0.05, 0.1) is 0 Å². The highest BCUT2D eigenvalue weighted by Gasteiger charge is 2.44. The highest BCUT2D eigenvalue weighted by Crippen LogP contribution is 2.41. The van der Waals surface area contributed by atoms with E-state index in [2.05, 4.69) is 0 Å². The third kappa shape index (κ3) is 4.31. The minimum atomic E-state index is -4.57. The summed E-state index contributed by atoms with van der Waals surface area (Å²) in [6.45, 7) is 0. The van der Waals surface area contributed by atoms with E-state index in [1.54, 1.807) is 0 Å². The molecule has 1 aromatic heterocycles. The van der Waals surface area contributed by atoms with Gasteiger partial charge in [-0.15, -0.1) is 0 Å². The van der Waals surface area contributed by atoms with Gasteiger partial charge in [-0.05, 0) is 42.8 Å². The van der Waals surface area contributed by atoms with Crippen molar-refractivity contribution in [3.05, 3.63) is 63.3 Å². The maximum Gasteiger partial charge on any atom is 0.408 e. The fourth-order valence-corrected chi connectivity index (χ4v) is 3.53. The molecular formula is C15H13ClF4N2OS. The summed E-state index contributed by atoms with van der Waals surface area (Å²) >= 11 is 6.57. The van der Waals surface area contributed by atoms with E-state index in [-0.39, 0.29) is 10.6 Å². The maximum absolute atomic E-state index is 13.5. The van der Waals surface area contributed by atoms with Crippen molar-refractivity contribution >= 4 is 23.5 Å². The molecule has 9 heteroatoms. The van der Waals surface area contributed by atoms with Crippen molar-refractivity contribution < 1.29 is 17.6 Å². The van der Waals surface area contributed by atoms with Gasteiger partial charge in [0.15, 0.2) is 0 Å². The molecule has 3 nitrogen and oxygen atoms in total. The van der Waals surface area contributed by atoms with Gasteiger partial charge in [0.25, 0.3) is 5.56 Å². The second-order valence-corrected chi connectivity index (χ2v) is 6.71. The average molecular weight is 381 g/mol. The molecule has 1 aromatic carbocycles. The zero-order valence-electron chi connectivity index (χ0n) is 12.6. The number of pyridine rings is 1.